The van der Waals surface area contributed by atoms with E-state index in [1.165, 1.54) is 24.3 Å². The van der Waals surface area contributed by atoms with Gasteiger partial charge in [-0.3, -0.25) is 19.3 Å². The minimum Gasteiger partial charge on any atom is -0.325 e. The van der Waals surface area contributed by atoms with E-state index in [0.717, 1.165) is 4.90 Å². The van der Waals surface area contributed by atoms with E-state index in [1.807, 2.05) is 11.4 Å². The van der Waals surface area contributed by atoms with E-state index in [0.29, 0.717) is 27.4 Å². The summed E-state index contributed by atoms with van der Waals surface area (Å²) in [6, 6.07) is 17.7. The standard InChI is InChI=1S/C24H19N5O4S/c1-24(16-5-2-4-15(12-16)13-25)22(32)29(23(33)28-24)14-20(30)26-17-7-9-18(10-8-17)27-21(31)19-6-3-11-34-19/h2-12H,14H2,1H3,(H,26,30)(H,27,31)(H,28,33). The Morgan fingerprint density at radius 1 is 1.06 bits per heavy atom. The third-order valence-electron chi connectivity index (χ3n) is 5.32. The van der Waals surface area contributed by atoms with Crippen LogP contribution in [0.3, 0.4) is 0 Å². The van der Waals surface area contributed by atoms with Crippen LogP contribution in [0.1, 0.15) is 27.7 Å². The molecule has 3 aromatic rings. The Hall–Kier alpha value is -4.49. The highest BCUT2D eigenvalue weighted by Gasteiger charge is 2.49. The first-order chi connectivity index (χ1) is 16.3. The third-order valence-corrected chi connectivity index (χ3v) is 6.19. The number of thiophene rings is 1. The lowest BCUT2D eigenvalue weighted by molar-refractivity contribution is -0.133. The lowest BCUT2D eigenvalue weighted by Gasteiger charge is -2.22. The van der Waals surface area contributed by atoms with Gasteiger partial charge in [-0.25, -0.2) is 4.79 Å². The van der Waals surface area contributed by atoms with Crippen LogP contribution in [-0.4, -0.2) is 35.2 Å². The summed E-state index contributed by atoms with van der Waals surface area (Å²) in [6.45, 7) is 1.06. The first kappa shape index (κ1) is 22.7. The maximum absolute atomic E-state index is 13.0. The van der Waals surface area contributed by atoms with Crippen molar-refractivity contribution in [3.63, 3.8) is 0 Å². The Kier molecular flexibility index (Phi) is 6.12. The van der Waals surface area contributed by atoms with Crippen LogP contribution in [0.4, 0.5) is 16.2 Å². The molecule has 1 aliphatic heterocycles. The second-order valence-electron chi connectivity index (χ2n) is 7.70. The van der Waals surface area contributed by atoms with Gasteiger partial charge in [0.25, 0.3) is 11.8 Å². The lowest BCUT2D eigenvalue weighted by Crippen LogP contribution is -2.42. The van der Waals surface area contributed by atoms with Gasteiger partial charge in [0.15, 0.2) is 0 Å². The molecule has 0 saturated carbocycles. The van der Waals surface area contributed by atoms with Crippen molar-refractivity contribution in [2.24, 2.45) is 0 Å². The molecule has 0 spiro atoms. The zero-order valence-electron chi connectivity index (χ0n) is 18.0. The molecule has 0 bridgehead atoms. The number of hydrogen-bond acceptors (Lipinski definition) is 6. The van der Waals surface area contributed by atoms with Gasteiger partial charge in [-0.05, 0) is 60.3 Å². The Morgan fingerprint density at radius 3 is 2.41 bits per heavy atom. The van der Waals surface area contributed by atoms with Gasteiger partial charge >= 0.3 is 6.03 Å². The summed E-state index contributed by atoms with van der Waals surface area (Å²) in [7, 11) is 0. The third kappa shape index (κ3) is 4.51. The molecular formula is C24H19N5O4S. The van der Waals surface area contributed by atoms with E-state index in [-0.39, 0.29) is 5.91 Å². The number of urea groups is 1. The van der Waals surface area contributed by atoms with Gasteiger partial charge in [-0.1, -0.05) is 18.2 Å². The largest absolute Gasteiger partial charge is 0.325 e. The van der Waals surface area contributed by atoms with Crippen molar-refractivity contribution in [2.45, 2.75) is 12.5 Å². The van der Waals surface area contributed by atoms with E-state index in [2.05, 4.69) is 16.0 Å². The Labute approximate surface area is 199 Å². The van der Waals surface area contributed by atoms with Gasteiger partial charge in [0.2, 0.25) is 5.91 Å². The molecule has 5 amide bonds. The predicted molar refractivity (Wildman–Crippen MR) is 126 cm³/mol. The zero-order valence-corrected chi connectivity index (χ0v) is 18.8. The van der Waals surface area contributed by atoms with Crippen LogP contribution in [0.25, 0.3) is 0 Å². The SMILES string of the molecule is CC1(c2cccc(C#N)c2)NC(=O)N(CC(=O)Nc2ccc(NC(=O)c3cccs3)cc2)C1=O. The molecule has 34 heavy (non-hydrogen) atoms. The number of hydrogen-bond donors (Lipinski definition) is 3. The minimum absolute atomic E-state index is 0.228. The molecule has 1 saturated heterocycles. The molecule has 9 nitrogen and oxygen atoms in total. The fourth-order valence-electron chi connectivity index (χ4n) is 3.52. The average molecular weight is 474 g/mol. The number of carbonyl (C=O) groups is 4. The quantitative estimate of drug-likeness (QED) is 0.473. The van der Waals surface area contributed by atoms with Crippen LogP contribution in [0, 0.1) is 11.3 Å². The van der Waals surface area contributed by atoms with E-state index in [1.54, 1.807) is 54.6 Å². The molecule has 10 heteroatoms. The van der Waals surface area contributed by atoms with E-state index in [4.69, 9.17) is 5.26 Å². The van der Waals surface area contributed by atoms with Crippen molar-refractivity contribution >= 4 is 46.5 Å². The predicted octanol–water partition coefficient (Wildman–Crippen LogP) is 3.28. The summed E-state index contributed by atoms with van der Waals surface area (Å²) < 4.78 is 0. The Balaban J connectivity index is 1.39. The molecule has 1 aliphatic rings. The summed E-state index contributed by atoms with van der Waals surface area (Å²) in [5.74, 6) is -1.38. The highest BCUT2D eigenvalue weighted by atomic mass is 32.1. The van der Waals surface area contributed by atoms with Crippen LogP contribution in [0.2, 0.25) is 0 Å². The topological polar surface area (TPSA) is 131 Å². The smallest absolute Gasteiger partial charge is 0.325 e. The summed E-state index contributed by atoms with van der Waals surface area (Å²) >= 11 is 1.33. The number of nitriles is 1. The maximum atomic E-state index is 13.0. The van der Waals surface area contributed by atoms with Crippen molar-refractivity contribution in [2.75, 3.05) is 17.2 Å². The number of amides is 5. The monoisotopic (exact) mass is 473 g/mol. The van der Waals surface area contributed by atoms with Gasteiger partial charge < -0.3 is 16.0 Å². The van der Waals surface area contributed by atoms with Crippen LogP contribution < -0.4 is 16.0 Å². The van der Waals surface area contributed by atoms with Gasteiger partial charge in [0.1, 0.15) is 12.1 Å². The van der Waals surface area contributed by atoms with Gasteiger partial charge in [-0.2, -0.15) is 5.26 Å². The number of carbonyl (C=O) groups excluding carboxylic acids is 4. The number of nitrogens with zero attached hydrogens (tertiary/aromatic N) is 2. The van der Waals surface area contributed by atoms with Crippen LogP contribution >= 0.6 is 11.3 Å². The molecule has 2 heterocycles. The summed E-state index contributed by atoms with van der Waals surface area (Å²) in [5, 5.41) is 18.9. The average Bonchev–Trinajstić information content (AvgIpc) is 3.45. The Morgan fingerprint density at radius 2 is 1.76 bits per heavy atom. The minimum atomic E-state index is -1.38. The van der Waals surface area contributed by atoms with E-state index >= 15 is 0 Å². The molecule has 0 aliphatic carbocycles. The fraction of sp³-hybridized carbons (Fsp3) is 0.125. The van der Waals surface area contributed by atoms with Crippen molar-refractivity contribution in [1.29, 1.82) is 5.26 Å². The molecule has 1 aromatic heterocycles. The number of rotatable bonds is 6. The van der Waals surface area contributed by atoms with Crippen molar-refractivity contribution in [1.82, 2.24) is 10.2 Å². The molecule has 1 unspecified atom stereocenters. The lowest BCUT2D eigenvalue weighted by atomic mass is 9.91. The second kappa shape index (κ2) is 9.17. The number of imide groups is 1. The van der Waals surface area contributed by atoms with Gasteiger partial charge in [0, 0.05) is 11.4 Å². The van der Waals surface area contributed by atoms with Gasteiger partial charge in [-0.15, -0.1) is 11.3 Å². The fourth-order valence-corrected chi connectivity index (χ4v) is 4.14. The van der Waals surface area contributed by atoms with E-state index in [9.17, 15) is 19.2 Å². The summed E-state index contributed by atoms with van der Waals surface area (Å²) in [4.78, 5) is 51.6. The molecule has 2 aromatic carbocycles. The molecule has 3 N–H and O–H groups in total. The Bertz CT molecular complexity index is 1310. The van der Waals surface area contributed by atoms with Gasteiger partial charge in [0.05, 0.1) is 16.5 Å². The normalized spacial score (nSPS) is 17.1. The summed E-state index contributed by atoms with van der Waals surface area (Å²) in [5.41, 5.74) is 0.420. The zero-order chi connectivity index (χ0) is 24.3. The second-order valence-corrected chi connectivity index (χ2v) is 8.64. The van der Waals surface area contributed by atoms with E-state index < -0.39 is 29.9 Å². The molecule has 4 rings (SSSR count). The van der Waals surface area contributed by atoms with Crippen LogP contribution in [0.15, 0.2) is 66.0 Å². The molecule has 1 fully saturated rings. The molecule has 0 radical (unpaired) electrons. The first-order valence-electron chi connectivity index (χ1n) is 10.2. The van der Waals surface area contributed by atoms with Crippen LogP contribution in [-0.2, 0) is 15.1 Å². The maximum Gasteiger partial charge on any atom is 0.325 e. The number of nitrogens with one attached hydrogen (secondary N) is 3. The molecule has 1 atom stereocenters. The number of anilines is 2. The molecule has 170 valence electrons. The highest BCUT2D eigenvalue weighted by Crippen LogP contribution is 2.29. The summed E-state index contributed by atoms with van der Waals surface area (Å²) in [6.07, 6.45) is 0. The molecular weight excluding hydrogens is 454 g/mol. The first-order valence-corrected chi connectivity index (χ1v) is 11.1. The van der Waals surface area contributed by atoms with Crippen molar-refractivity contribution < 1.29 is 19.2 Å². The van der Waals surface area contributed by atoms with Crippen LogP contribution in [0.5, 0.6) is 0 Å². The van der Waals surface area contributed by atoms with Crippen molar-refractivity contribution in [3.8, 4) is 6.07 Å². The van der Waals surface area contributed by atoms with Crippen molar-refractivity contribution in [3.05, 3.63) is 82.0 Å². The highest BCUT2D eigenvalue weighted by molar-refractivity contribution is 7.12. The number of benzene rings is 2.